The van der Waals surface area contributed by atoms with Crippen LogP contribution in [-0.4, -0.2) is 52.9 Å². The van der Waals surface area contributed by atoms with Crippen molar-refractivity contribution in [2.45, 2.75) is 33.2 Å². The van der Waals surface area contributed by atoms with Gasteiger partial charge in [-0.2, -0.15) is 0 Å². The van der Waals surface area contributed by atoms with Crippen molar-refractivity contribution >= 4 is 5.91 Å². The highest BCUT2D eigenvalue weighted by molar-refractivity contribution is 5.94. The molecule has 4 heteroatoms. The highest BCUT2D eigenvalue weighted by Crippen LogP contribution is 2.10. The number of amides is 1. The average Bonchev–Trinajstić information content (AvgIpc) is 2.46. The molecule has 1 amide bonds. The first-order chi connectivity index (χ1) is 9.11. The Hall–Kier alpha value is -1.42. The van der Waals surface area contributed by atoms with Gasteiger partial charge >= 0.3 is 0 Å². The highest BCUT2D eigenvalue weighted by Gasteiger charge is 2.23. The number of carbonyl (C=O) groups is 1. The van der Waals surface area contributed by atoms with Crippen molar-refractivity contribution in [2.24, 2.45) is 0 Å². The van der Waals surface area contributed by atoms with E-state index in [4.69, 9.17) is 0 Å². The quantitative estimate of drug-likeness (QED) is 0.832. The molecule has 1 aliphatic rings. The Morgan fingerprint density at radius 2 is 1.95 bits per heavy atom. The van der Waals surface area contributed by atoms with Gasteiger partial charge in [0.05, 0.1) is 5.56 Å². The van der Waals surface area contributed by atoms with Crippen molar-refractivity contribution in [3.05, 3.63) is 29.6 Å². The summed E-state index contributed by atoms with van der Waals surface area (Å²) in [6.07, 6.45) is 2.61. The smallest absolute Gasteiger partial charge is 0.255 e. The molecule has 0 aromatic carbocycles. The Morgan fingerprint density at radius 1 is 1.26 bits per heavy atom. The molecule has 104 valence electrons. The number of aryl methyl sites for hydroxylation is 1. The molecule has 19 heavy (non-hydrogen) atoms. The number of rotatable bonds is 3. The van der Waals surface area contributed by atoms with E-state index in [1.807, 2.05) is 17.0 Å². The third kappa shape index (κ3) is 3.32. The predicted molar refractivity (Wildman–Crippen MR) is 76.2 cm³/mol. The van der Waals surface area contributed by atoms with Crippen molar-refractivity contribution in [1.29, 1.82) is 0 Å². The van der Waals surface area contributed by atoms with E-state index in [2.05, 4.69) is 30.7 Å². The highest BCUT2D eigenvalue weighted by atomic mass is 16.2. The van der Waals surface area contributed by atoms with Crippen molar-refractivity contribution in [3.63, 3.8) is 0 Å². The van der Waals surface area contributed by atoms with Crippen LogP contribution in [-0.2, 0) is 6.42 Å². The van der Waals surface area contributed by atoms with Crippen LogP contribution in [0.3, 0.4) is 0 Å². The number of hydrogen-bond acceptors (Lipinski definition) is 3. The molecule has 0 spiro atoms. The zero-order valence-corrected chi connectivity index (χ0v) is 12.1. The van der Waals surface area contributed by atoms with Crippen LogP contribution in [0, 0.1) is 0 Å². The zero-order valence-electron chi connectivity index (χ0n) is 12.1. The minimum Gasteiger partial charge on any atom is -0.336 e. The molecule has 0 aliphatic carbocycles. The van der Waals surface area contributed by atoms with Gasteiger partial charge in [-0.3, -0.25) is 14.7 Å². The summed E-state index contributed by atoms with van der Waals surface area (Å²) in [5.41, 5.74) is 1.73. The summed E-state index contributed by atoms with van der Waals surface area (Å²) in [5, 5.41) is 0. The Balaban J connectivity index is 1.97. The number of piperazine rings is 1. The number of aromatic nitrogens is 1. The van der Waals surface area contributed by atoms with Gasteiger partial charge in [0.25, 0.3) is 5.91 Å². The fourth-order valence-corrected chi connectivity index (χ4v) is 2.38. The first kappa shape index (κ1) is 14.0. The van der Waals surface area contributed by atoms with Crippen molar-refractivity contribution < 1.29 is 4.79 Å². The molecule has 4 nitrogen and oxygen atoms in total. The molecule has 1 saturated heterocycles. The molecule has 1 aliphatic heterocycles. The summed E-state index contributed by atoms with van der Waals surface area (Å²) in [7, 11) is 0. The molecule has 1 aromatic heterocycles. The SMILES string of the molecule is CCc1ccc(C(=O)N2CCN(C(C)C)CC2)cn1. The molecule has 0 bridgehead atoms. The fourth-order valence-electron chi connectivity index (χ4n) is 2.38. The van der Waals surface area contributed by atoms with E-state index < -0.39 is 0 Å². The van der Waals surface area contributed by atoms with Crippen LogP contribution < -0.4 is 0 Å². The molecule has 0 unspecified atom stereocenters. The van der Waals surface area contributed by atoms with E-state index >= 15 is 0 Å². The summed E-state index contributed by atoms with van der Waals surface area (Å²) >= 11 is 0. The van der Waals surface area contributed by atoms with E-state index in [1.54, 1.807) is 6.20 Å². The van der Waals surface area contributed by atoms with Gasteiger partial charge in [0, 0.05) is 44.1 Å². The van der Waals surface area contributed by atoms with Crippen molar-refractivity contribution in [2.75, 3.05) is 26.2 Å². The molecule has 0 saturated carbocycles. The van der Waals surface area contributed by atoms with Crippen LogP contribution in [0.25, 0.3) is 0 Å². The second kappa shape index (κ2) is 6.15. The molecule has 0 radical (unpaired) electrons. The molecule has 2 heterocycles. The van der Waals surface area contributed by atoms with Gasteiger partial charge in [0.15, 0.2) is 0 Å². The standard InChI is InChI=1S/C15H23N3O/c1-4-14-6-5-13(11-16-14)15(19)18-9-7-17(8-10-18)12(2)3/h5-6,11-12H,4,7-10H2,1-3H3. The lowest BCUT2D eigenvalue weighted by molar-refractivity contribution is 0.0595. The second-order valence-electron chi connectivity index (χ2n) is 5.31. The van der Waals surface area contributed by atoms with Gasteiger partial charge in [-0.15, -0.1) is 0 Å². The minimum absolute atomic E-state index is 0.110. The first-order valence-corrected chi connectivity index (χ1v) is 7.10. The Kier molecular flexibility index (Phi) is 4.53. The summed E-state index contributed by atoms with van der Waals surface area (Å²) in [6, 6.07) is 4.39. The summed E-state index contributed by atoms with van der Waals surface area (Å²) < 4.78 is 0. The maximum absolute atomic E-state index is 12.3. The largest absolute Gasteiger partial charge is 0.336 e. The third-order valence-corrected chi connectivity index (χ3v) is 3.77. The van der Waals surface area contributed by atoms with E-state index in [-0.39, 0.29) is 5.91 Å². The lowest BCUT2D eigenvalue weighted by Crippen LogP contribution is -2.50. The predicted octanol–water partition coefficient (Wildman–Crippen LogP) is 1.81. The number of carbonyl (C=O) groups excluding carboxylic acids is 1. The van der Waals surface area contributed by atoms with Crippen LogP contribution in [0.4, 0.5) is 0 Å². The van der Waals surface area contributed by atoms with Gasteiger partial charge in [0.2, 0.25) is 0 Å². The van der Waals surface area contributed by atoms with Gasteiger partial charge in [-0.1, -0.05) is 6.92 Å². The Bertz CT molecular complexity index is 420. The van der Waals surface area contributed by atoms with Crippen LogP contribution in [0.1, 0.15) is 36.8 Å². The number of pyridine rings is 1. The van der Waals surface area contributed by atoms with Crippen molar-refractivity contribution in [3.8, 4) is 0 Å². The van der Waals surface area contributed by atoms with Crippen LogP contribution in [0.5, 0.6) is 0 Å². The Labute approximate surface area is 115 Å². The fraction of sp³-hybridized carbons (Fsp3) is 0.600. The topological polar surface area (TPSA) is 36.4 Å². The molecule has 0 atom stereocenters. The summed E-state index contributed by atoms with van der Waals surface area (Å²) in [6.45, 7) is 10.0. The molecular formula is C15H23N3O. The second-order valence-corrected chi connectivity index (χ2v) is 5.31. The minimum atomic E-state index is 0.110. The molecule has 1 fully saturated rings. The maximum atomic E-state index is 12.3. The lowest BCUT2D eigenvalue weighted by atomic mass is 10.2. The van der Waals surface area contributed by atoms with Crippen molar-refractivity contribution in [1.82, 2.24) is 14.8 Å². The van der Waals surface area contributed by atoms with E-state index in [0.717, 1.165) is 38.3 Å². The monoisotopic (exact) mass is 261 g/mol. The van der Waals surface area contributed by atoms with E-state index in [0.29, 0.717) is 11.6 Å². The van der Waals surface area contributed by atoms with Crippen LogP contribution in [0.2, 0.25) is 0 Å². The molecule has 1 aromatic rings. The van der Waals surface area contributed by atoms with Crippen LogP contribution >= 0.6 is 0 Å². The zero-order chi connectivity index (χ0) is 13.8. The molecule has 2 rings (SSSR count). The number of nitrogens with zero attached hydrogens (tertiary/aromatic N) is 3. The van der Waals surface area contributed by atoms with Gasteiger partial charge in [-0.05, 0) is 32.4 Å². The third-order valence-electron chi connectivity index (χ3n) is 3.77. The summed E-state index contributed by atoms with van der Waals surface area (Å²) in [4.78, 5) is 21.0. The van der Waals surface area contributed by atoms with Gasteiger partial charge in [-0.25, -0.2) is 0 Å². The van der Waals surface area contributed by atoms with Gasteiger partial charge in [0.1, 0.15) is 0 Å². The van der Waals surface area contributed by atoms with E-state index in [1.165, 1.54) is 0 Å². The van der Waals surface area contributed by atoms with E-state index in [9.17, 15) is 4.79 Å². The maximum Gasteiger partial charge on any atom is 0.255 e. The summed E-state index contributed by atoms with van der Waals surface area (Å²) in [5.74, 6) is 0.110. The van der Waals surface area contributed by atoms with Crippen LogP contribution in [0.15, 0.2) is 18.3 Å². The first-order valence-electron chi connectivity index (χ1n) is 7.10. The number of hydrogen-bond donors (Lipinski definition) is 0. The Morgan fingerprint density at radius 3 is 2.42 bits per heavy atom. The average molecular weight is 261 g/mol. The molecular weight excluding hydrogens is 238 g/mol. The normalized spacial score (nSPS) is 16.9. The van der Waals surface area contributed by atoms with Gasteiger partial charge < -0.3 is 4.90 Å². The lowest BCUT2D eigenvalue weighted by Gasteiger charge is -2.36. The molecule has 0 N–H and O–H groups in total.